The molecule has 0 atom stereocenters. The van der Waals surface area contributed by atoms with Crippen molar-refractivity contribution in [2.45, 2.75) is 52.4 Å². The Kier molecular flexibility index (Phi) is 6.86. The number of benzene rings is 2. The summed E-state index contributed by atoms with van der Waals surface area (Å²) in [4.78, 5) is 12.0. The van der Waals surface area contributed by atoms with Crippen LogP contribution < -0.4 is 5.32 Å². The lowest BCUT2D eigenvalue weighted by molar-refractivity contribution is -0.116. The average molecular weight is 309 g/mol. The predicted molar refractivity (Wildman–Crippen MR) is 97.8 cm³/mol. The van der Waals surface area contributed by atoms with Crippen LogP contribution >= 0.6 is 0 Å². The second kappa shape index (κ2) is 9.14. The summed E-state index contributed by atoms with van der Waals surface area (Å²) < 4.78 is 0. The van der Waals surface area contributed by atoms with Gasteiger partial charge in [-0.1, -0.05) is 55.3 Å². The molecule has 0 aromatic heterocycles. The zero-order valence-electron chi connectivity index (χ0n) is 14.3. The van der Waals surface area contributed by atoms with E-state index in [9.17, 15) is 4.79 Å². The Morgan fingerprint density at radius 3 is 2.04 bits per heavy atom. The number of unbranched alkanes of at least 4 members (excludes halogenated alkanes) is 1. The molecule has 122 valence electrons. The van der Waals surface area contributed by atoms with Crippen LogP contribution in [0.2, 0.25) is 0 Å². The van der Waals surface area contributed by atoms with E-state index in [0.29, 0.717) is 6.42 Å². The molecule has 0 bridgehead atoms. The number of carbonyl (C=O) groups is 1. The van der Waals surface area contributed by atoms with Crippen molar-refractivity contribution in [3.8, 4) is 0 Å². The molecule has 0 aliphatic heterocycles. The highest BCUT2D eigenvalue weighted by Crippen LogP contribution is 2.13. The third kappa shape index (κ3) is 6.27. The molecule has 1 amide bonds. The van der Waals surface area contributed by atoms with E-state index < -0.39 is 0 Å². The summed E-state index contributed by atoms with van der Waals surface area (Å²) in [5.41, 5.74) is 4.80. The van der Waals surface area contributed by atoms with Crippen molar-refractivity contribution >= 4 is 11.6 Å². The van der Waals surface area contributed by atoms with Crippen LogP contribution in [0.1, 0.15) is 49.3 Å². The summed E-state index contributed by atoms with van der Waals surface area (Å²) in [7, 11) is 0. The fraction of sp³-hybridized carbons (Fsp3) is 0.381. The van der Waals surface area contributed by atoms with Gasteiger partial charge in [0.25, 0.3) is 0 Å². The Morgan fingerprint density at radius 1 is 0.870 bits per heavy atom. The molecular formula is C21H27NO. The van der Waals surface area contributed by atoms with Gasteiger partial charge in [0, 0.05) is 12.1 Å². The number of amides is 1. The van der Waals surface area contributed by atoms with Gasteiger partial charge < -0.3 is 5.32 Å². The van der Waals surface area contributed by atoms with E-state index in [4.69, 9.17) is 0 Å². The molecule has 0 fully saturated rings. The van der Waals surface area contributed by atoms with Gasteiger partial charge in [0.1, 0.15) is 0 Å². The number of nitrogens with one attached hydrogen (secondary N) is 1. The first-order valence-electron chi connectivity index (χ1n) is 8.61. The van der Waals surface area contributed by atoms with Gasteiger partial charge in [-0.3, -0.25) is 4.79 Å². The molecule has 2 heteroatoms. The number of aryl methyl sites for hydroxylation is 3. The molecule has 0 spiro atoms. The van der Waals surface area contributed by atoms with Gasteiger partial charge in [0.2, 0.25) is 5.91 Å². The summed E-state index contributed by atoms with van der Waals surface area (Å²) in [6.45, 7) is 4.29. The first kappa shape index (κ1) is 17.3. The van der Waals surface area contributed by atoms with Crippen molar-refractivity contribution in [1.82, 2.24) is 0 Å². The molecule has 0 radical (unpaired) electrons. The zero-order chi connectivity index (χ0) is 16.5. The lowest BCUT2D eigenvalue weighted by Gasteiger charge is -2.07. The van der Waals surface area contributed by atoms with Crippen molar-refractivity contribution in [3.05, 3.63) is 65.2 Å². The minimum absolute atomic E-state index is 0.0958. The van der Waals surface area contributed by atoms with Crippen LogP contribution in [0.5, 0.6) is 0 Å². The summed E-state index contributed by atoms with van der Waals surface area (Å²) in [5, 5.41) is 2.98. The quantitative estimate of drug-likeness (QED) is 0.704. The predicted octanol–water partition coefficient (Wildman–Crippen LogP) is 5.30. The van der Waals surface area contributed by atoms with Crippen LogP contribution in [0.3, 0.4) is 0 Å². The lowest BCUT2D eigenvalue weighted by atomic mass is 10.1. The third-order valence-electron chi connectivity index (χ3n) is 4.05. The van der Waals surface area contributed by atoms with Gasteiger partial charge in [-0.05, 0) is 55.9 Å². The van der Waals surface area contributed by atoms with Gasteiger partial charge >= 0.3 is 0 Å². The monoisotopic (exact) mass is 309 g/mol. The van der Waals surface area contributed by atoms with Crippen molar-refractivity contribution < 1.29 is 4.79 Å². The van der Waals surface area contributed by atoms with Crippen molar-refractivity contribution in [2.75, 3.05) is 5.32 Å². The highest BCUT2D eigenvalue weighted by molar-refractivity contribution is 5.90. The normalized spacial score (nSPS) is 10.5. The Balaban J connectivity index is 1.72. The molecule has 2 rings (SSSR count). The summed E-state index contributed by atoms with van der Waals surface area (Å²) in [6, 6.07) is 16.7. The average Bonchev–Trinajstić information content (AvgIpc) is 2.56. The number of rotatable bonds is 8. The summed E-state index contributed by atoms with van der Waals surface area (Å²) in [5.74, 6) is 0.0958. The van der Waals surface area contributed by atoms with E-state index in [0.717, 1.165) is 24.9 Å². The minimum Gasteiger partial charge on any atom is -0.326 e. The van der Waals surface area contributed by atoms with Crippen molar-refractivity contribution in [2.24, 2.45) is 0 Å². The largest absolute Gasteiger partial charge is 0.326 e. The number of anilines is 1. The molecule has 1 N–H and O–H groups in total. The zero-order valence-corrected chi connectivity index (χ0v) is 14.3. The smallest absolute Gasteiger partial charge is 0.224 e. The van der Waals surface area contributed by atoms with Crippen molar-refractivity contribution in [1.29, 1.82) is 0 Å². The van der Waals surface area contributed by atoms with E-state index in [1.54, 1.807) is 0 Å². The van der Waals surface area contributed by atoms with Crippen LogP contribution in [0.4, 0.5) is 5.69 Å². The topological polar surface area (TPSA) is 29.1 Å². The Morgan fingerprint density at radius 2 is 1.43 bits per heavy atom. The van der Waals surface area contributed by atoms with E-state index in [1.165, 1.54) is 29.5 Å². The van der Waals surface area contributed by atoms with Gasteiger partial charge in [0.05, 0.1) is 0 Å². The van der Waals surface area contributed by atoms with E-state index in [1.807, 2.05) is 12.1 Å². The maximum Gasteiger partial charge on any atom is 0.224 e. The highest BCUT2D eigenvalue weighted by Gasteiger charge is 2.03. The second-order valence-corrected chi connectivity index (χ2v) is 6.19. The molecule has 0 aliphatic carbocycles. The lowest BCUT2D eigenvalue weighted by Crippen LogP contribution is -2.11. The highest BCUT2D eigenvalue weighted by atomic mass is 16.1. The first-order chi connectivity index (χ1) is 11.2. The van der Waals surface area contributed by atoms with E-state index in [2.05, 4.69) is 55.6 Å². The molecule has 0 unspecified atom stereocenters. The maximum atomic E-state index is 12.0. The minimum atomic E-state index is 0.0958. The van der Waals surface area contributed by atoms with Crippen molar-refractivity contribution in [3.63, 3.8) is 0 Å². The van der Waals surface area contributed by atoms with Gasteiger partial charge in [-0.25, -0.2) is 0 Å². The van der Waals surface area contributed by atoms with E-state index >= 15 is 0 Å². The Labute approximate surface area is 139 Å². The molecule has 2 aromatic carbocycles. The van der Waals surface area contributed by atoms with Crippen LogP contribution in [0.25, 0.3) is 0 Å². The Bertz CT molecular complexity index is 599. The molecule has 23 heavy (non-hydrogen) atoms. The third-order valence-corrected chi connectivity index (χ3v) is 4.05. The fourth-order valence-electron chi connectivity index (χ4n) is 2.57. The molecular weight excluding hydrogens is 282 g/mol. The second-order valence-electron chi connectivity index (χ2n) is 6.19. The van der Waals surface area contributed by atoms with Crippen LogP contribution in [0.15, 0.2) is 48.5 Å². The number of hydrogen-bond acceptors (Lipinski definition) is 1. The van der Waals surface area contributed by atoms with Gasteiger partial charge in [-0.2, -0.15) is 0 Å². The molecule has 2 aromatic rings. The van der Waals surface area contributed by atoms with Crippen LogP contribution in [-0.4, -0.2) is 5.91 Å². The van der Waals surface area contributed by atoms with E-state index in [-0.39, 0.29) is 5.91 Å². The summed E-state index contributed by atoms with van der Waals surface area (Å²) >= 11 is 0. The van der Waals surface area contributed by atoms with Gasteiger partial charge in [0.15, 0.2) is 0 Å². The molecule has 0 heterocycles. The Hall–Kier alpha value is -2.09. The first-order valence-corrected chi connectivity index (χ1v) is 8.61. The molecule has 0 aliphatic rings. The van der Waals surface area contributed by atoms with Crippen LogP contribution in [0, 0.1) is 6.92 Å². The van der Waals surface area contributed by atoms with Crippen LogP contribution in [-0.2, 0) is 17.6 Å². The molecule has 0 saturated heterocycles. The standard InChI is InChI=1S/C21H27NO/c1-3-4-6-18-13-15-20(16-14-18)22-21(23)8-5-7-19-11-9-17(2)10-12-19/h9-16H,3-8H2,1-2H3,(H,22,23). The SMILES string of the molecule is CCCCc1ccc(NC(=O)CCCc2ccc(C)cc2)cc1. The fourth-order valence-corrected chi connectivity index (χ4v) is 2.57. The number of carbonyl (C=O) groups excluding carboxylic acids is 1. The van der Waals surface area contributed by atoms with Gasteiger partial charge in [-0.15, -0.1) is 0 Å². The maximum absolute atomic E-state index is 12.0. The molecule has 2 nitrogen and oxygen atoms in total. The molecule has 0 saturated carbocycles. The summed E-state index contributed by atoms with van der Waals surface area (Å²) in [6.07, 6.45) is 5.92. The number of hydrogen-bond donors (Lipinski definition) is 1.